The fourth-order valence-electron chi connectivity index (χ4n) is 5.55. The summed E-state index contributed by atoms with van der Waals surface area (Å²) in [6.07, 6.45) is 13.2. The van der Waals surface area contributed by atoms with Crippen molar-refractivity contribution in [1.29, 1.82) is 0 Å². The van der Waals surface area contributed by atoms with Gasteiger partial charge in [0.05, 0.1) is 5.39 Å². The second-order valence-corrected chi connectivity index (χ2v) is 10.8. The van der Waals surface area contributed by atoms with Crippen LogP contribution in [0.5, 0.6) is 0 Å². The molecule has 1 heterocycles. The molecular weight excluding hydrogens is 566 g/mol. The van der Waals surface area contributed by atoms with Crippen LogP contribution in [0.2, 0.25) is 0 Å². The number of carboxylic acids is 2. The molecule has 0 bridgehead atoms. The van der Waals surface area contributed by atoms with E-state index in [1.165, 1.54) is 50.5 Å². The smallest absolute Gasteiger partial charge is 0.550 e. The quantitative estimate of drug-likeness (QED) is 0.134. The number of aliphatic carboxylic acids is 1. The fraction of sp³-hybridized carbons (Fsp3) is 0.500. The Labute approximate surface area is 299 Å². The summed E-state index contributed by atoms with van der Waals surface area (Å²) in [6.45, 7) is 4.26. The molecule has 2 aromatic carbocycles. The van der Waals surface area contributed by atoms with Crippen molar-refractivity contribution < 1.29 is 88.8 Å². The number of carbonyl (C=O) groups excluding carboxylic acids is 2. The van der Waals surface area contributed by atoms with Crippen LogP contribution in [0.4, 0.5) is 0 Å². The van der Waals surface area contributed by atoms with Gasteiger partial charge in [0.15, 0.2) is 11.2 Å². The zero-order valence-electron chi connectivity index (χ0n) is 26.5. The van der Waals surface area contributed by atoms with Gasteiger partial charge in [-0.05, 0) is 66.8 Å². The molecule has 0 spiro atoms. The second kappa shape index (κ2) is 22.1. The van der Waals surface area contributed by atoms with Gasteiger partial charge in [-0.3, -0.25) is 4.79 Å². The number of carboxylic acid groups (broad SMARTS) is 2. The summed E-state index contributed by atoms with van der Waals surface area (Å²) in [5, 5.41) is 22.9. The van der Waals surface area contributed by atoms with Crippen LogP contribution in [0.1, 0.15) is 130 Å². The summed E-state index contributed by atoms with van der Waals surface area (Å²) in [7, 11) is 0. The van der Waals surface area contributed by atoms with E-state index in [9.17, 15) is 24.6 Å². The van der Waals surface area contributed by atoms with Gasteiger partial charge >= 0.3 is 59.1 Å². The summed E-state index contributed by atoms with van der Waals surface area (Å²) in [6, 6.07) is 13.3. The van der Waals surface area contributed by atoms with Crippen molar-refractivity contribution in [1.82, 2.24) is 0 Å². The number of fused-ring (bicyclic) bond motifs is 1. The fourth-order valence-corrected chi connectivity index (χ4v) is 5.55. The largest absolute Gasteiger partial charge is 1.00 e. The minimum atomic E-state index is -1.53. The summed E-state index contributed by atoms with van der Waals surface area (Å²) in [4.78, 5) is 35.2. The van der Waals surface area contributed by atoms with Gasteiger partial charge in [0.2, 0.25) is 0 Å². The van der Waals surface area contributed by atoms with Crippen LogP contribution in [-0.4, -0.2) is 17.4 Å². The molecule has 1 unspecified atom stereocenters. The Hall–Kier alpha value is -1.45. The second-order valence-electron chi connectivity index (χ2n) is 10.8. The average Bonchev–Trinajstić information content (AvgIpc) is 2.93. The van der Waals surface area contributed by atoms with Crippen LogP contribution in [0.25, 0.3) is 11.0 Å². The van der Waals surface area contributed by atoms with E-state index in [4.69, 9.17) is 4.42 Å². The molecule has 43 heavy (non-hydrogen) atoms. The van der Waals surface area contributed by atoms with Crippen LogP contribution in [0.3, 0.4) is 0 Å². The van der Waals surface area contributed by atoms with Gasteiger partial charge in [0.25, 0.3) is 0 Å². The van der Waals surface area contributed by atoms with Gasteiger partial charge in [0.1, 0.15) is 11.6 Å². The number of benzene rings is 2. The predicted octanol–water partition coefficient (Wildman–Crippen LogP) is -0.972. The van der Waals surface area contributed by atoms with Crippen molar-refractivity contribution in [2.45, 2.75) is 110 Å². The first-order chi connectivity index (χ1) is 19.3. The van der Waals surface area contributed by atoms with E-state index in [2.05, 4.69) is 31.2 Å². The SMILES string of the molecule is CCCCCCCCCc1ccc(C(CCCCC(=O)[O-])c2ccc3c(=O)cc(C(=O)[O-])oc3c2CCC)cc1.O.[Na+].[Na+]. The molecule has 0 radical (unpaired) electrons. The van der Waals surface area contributed by atoms with Gasteiger partial charge in [0, 0.05) is 18.0 Å². The van der Waals surface area contributed by atoms with Crippen LogP contribution in [0.15, 0.2) is 51.7 Å². The Morgan fingerprint density at radius 1 is 0.791 bits per heavy atom. The van der Waals surface area contributed by atoms with Crippen LogP contribution >= 0.6 is 0 Å². The Morgan fingerprint density at radius 3 is 2.05 bits per heavy atom. The minimum absolute atomic E-state index is 0. The predicted molar refractivity (Wildman–Crippen MR) is 158 cm³/mol. The number of aromatic carboxylic acids is 1. The molecule has 3 rings (SSSR count). The normalized spacial score (nSPS) is 11.2. The van der Waals surface area contributed by atoms with E-state index in [-0.39, 0.29) is 76.9 Å². The first-order valence-electron chi connectivity index (χ1n) is 14.9. The number of hydrogen-bond donors (Lipinski definition) is 0. The Kier molecular flexibility index (Phi) is 21.4. The summed E-state index contributed by atoms with van der Waals surface area (Å²) in [5.74, 6) is -3.12. The topological polar surface area (TPSA) is 142 Å². The third-order valence-electron chi connectivity index (χ3n) is 7.69. The van der Waals surface area contributed by atoms with Crippen molar-refractivity contribution in [3.8, 4) is 0 Å². The van der Waals surface area contributed by atoms with Crippen molar-refractivity contribution in [2.75, 3.05) is 0 Å². The number of unbranched alkanes of at least 4 members (excludes halogenated alkanes) is 7. The van der Waals surface area contributed by atoms with E-state index >= 15 is 0 Å². The molecule has 7 nitrogen and oxygen atoms in total. The maximum Gasteiger partial charge on any atom is 1.00 e. The van der Waals surface area contributed by atoms with Crippen molar-refractivity contribution >= 4 is 22.9 Å². The monoisotopic (exact) mass is 610 g/mol. The van der Waals surface area contributed by atoms with Gasteiger partial charge < -0.3 is 29.7 Å². The number of aryl methyl sites for hydroxylation is 2. The maximum atomic E-state index is 12.7. The summed E-state index contributed by atoms with van der Waals surface area (Å²) < 4.78 is 5.73. The molecule has 2 N–H and O–H groups in total. The molecule has 3 aromatic rings. The molecule has 0 aliphatic rings. The van der Waals surface area contributed by atoms with E-state index < -0.39 is 23.1 Å². The standard InChI is InChI=1S/C34H44O6.2Na.H2O/c1-3-5-6-7-8-9-10-14-24-17-19-25(20-18-24)26(15-11-12-16-32(36)37)27-21-22-29-30(35)23-31(34(38)39)40-33(29)28(27)13-4-2;;;/h17-23,26H,3-16H2,1-2H3,(H,36,37)(H,38,39);;;1H2/q;2*+1;/p-2. The molecule has 0 aliphatic heterocycles. The molecule has 1 aromatic heterocycles. The van der Waals surface area contributed by atoms with E-state index in [1.807, 2.05) is 13.0 Å². The molecule has 224 valence electrons. The van der Waals surface area contributed by atoms with Gasteiger partial charge in [-0.25, -0.2) is 0 Å². The van der Waals surface area contributed by atoms with E-state index in [0.717, 1.165) is 35.6 Å². The molecule has 0 saturated carbocycles. The molecule has 1 atom stereocenters. The number of carbonyl (C=O) groups is 2. The van der Waals surface area contributed by atoms with Crippen molar-refractivity contribution in [3.05, 3.63) is 80.7 Å². The molecule has 0 aliphatic carbocycles. The zero-order chi connectivity index (χ0) is 28.9. The maximum absolute atomic E-state index is 12.7. The molecular formula is C34H44Na2O7. The molecule has 9 heteroatoms. The molecule has 0 saturated heterocycles. The van der Waals surface area contributed by atoms with Gasteiger partial charge in [-0.15, -0.1) is 0 Å². The molecule has 0 amide bonds. The van der Waals surface area contributed by atoms with Crippen LogP contribution in [-0.2, 0) is 17.6 Å². The van der Waals surface area contributed by atoms with Crippen LogP contribution in [0, 0.1) is 0 Å². The van der Waals surface area contributed by atoms with E-state index in [1.54, 1.807) is 6.07 Å². The average molecular weight is 611 g/mol. The third kappa shape index (κ3) is 12.8. The third-order valence-corrected chi connectivity index (χ3v) is 7.69. The Morgan fingerprint density at radius 2 is 1.44 bits per heavy atom. The van der Waals surface area contributed by atoms with Gasteiger partial charge in [-0.1, -0.05) is 95.5 Å². The summed E-state index contributed by atoms with van der Waals surface area (Å²) in [5.41, 5.74) is 4.07. The van der Waals surface area contributed by atoms with Crippen LogP contribution < -0.4 is 74.8 Å². The van der Waals surface area contributed by atoms with E-state index in [0.29, 0.717) is 36.7 Å². The van der Waals surface area contributed by atoms with Crippen molar-refractivity contribution in [2.24, 2.45) is 0 Å². The Bertz CT molecular complexity index is 1320. The minimum Gasteiger partial charge on any atom is -0.550 e. The number of hydrogen-bond acceptors (Lipinski definition) is 6. The number of rotatable bonds is 18. The zero-order valence-corrected chi connectivity index (χ0v) is 30.5. The van der Waals surface area contributed by atoms with Gasteiger partial charge in [-0.2, -0.15) is 0 Å². The molecule has 0 fully saturated rings. The first-order valence-corrected chi connectivity index (χ1v) is 14.9. The Balaban J connectivity index is 0.00000588. The van der Waals surface area contributed by atoms with Crippen molar-refractivity contribution in [3.63, 3.8) is 0 Å². The summed E-state index contributed by atoms with van der Waals surface area (Å²) >= 11 is 0. The first kappa shape index (κ1) is 41.5.